The monoisotopic (exact) mass is 286 g/mol. The molecule has 21 heavy (non-hydrogen) atoms. The van der Waals surface area contributed by atoms with E-state index in [4.69, 9.17) is 4.74 Å². The molecule has 110 valence electrons. The number of nitro groups is 1. The Hall–Kier alpha value is -2.56. The van der Waals surface area contributed by atoms with E-state index in [0.29, 0.717) is 6.54 Å². The van der Waals surface area contributed by atoms with Gasteiger partial charge in [-0.25, -0.2) is 0 Å². The van der Waals surface area contributed by atoms with Gasteiger partial charge in [-0.3, -0.25) is 10.1 Å². The van der Waals surface area contributed by atoms with Gasteiger partial charge in [0.05, 0.1) is 12.0 Å². The second-order valence-electron chi connectivity index (χ2n) is 4.92. The number of anilines is 1. The molecule has 0 saturated heterocycles. The summed E-state index contributed by atoms with van der Waals surface area (Å²) in [4.78, 5) is 10.6. The molecule has 5 heteroatoms. The predicted molar refractivity (Wildman–Crippen MR) is 82.9 cm³/mol. The number of nitro benzene ring substituents is 1. The largest absolute Gasteiger partial charge is 0.490 e. The highest BCUT2D eigenvalue weighted by atomic mass is 16.6. The Kier molecular flexibility index (Phi) is 4.42. The maximum absolute atomic E-state index is 11.0. The van der Waals surface area contributed by atoms with Crippen LogP contribution in [0.5, 0.6) is 5.75 Å². The third-order valence-corrected chi connectivity index (χ3v) is 3.44. The van der Waals surface area contributed by atoms with Crippen LogP contribution in [0.15, 0.2) is 36.4 Å². The summed E-state index contributed by atoms with van der Waals surface area (Å²) < 4.78 is 4.99. The van der Waals surface area contributed by atoms with Crippen LogP contribution in [-0.4, -0.2) is 12.0 Å². The minimum absolute atomic E-state index is 0.0168. The molecule has 0 unspecified atom stereocenters. The second kappa shape index (κ2) is 6.26. The fourth-order valence-corrected chi connectivity index (χ4v) is 2.04. The van der Waals surface area contributed by atoms with E-state index in [2.05, 4.69) is 25.2 Å². The molecule has 2 aromatic rings. The summed E-state index contributed by atoms with van der Waals surface area (Å²) in [6.45, 7) is 4.64. The van der Waals surface area contributed by atoms with Crippen LogP contribution in [0.1, 0.15) is 16.7 Å². The van der Waals surface area contributed by atoms with Gasteiger partial charge in [-0.1, -0.05) is 12.1 Å². The van der Waals surface area contributed by atoms with E-state index in [-0.39, 0.29) is 11.4 Å². The second-order valence-corrected chi connectivity index (χ2v) is 4.92. The first-order chi connectivity index (χ1) is 10.0. The molecule has 1 N–H and O–H groups in total. The number of hydrogen-bond acceptors (Lipinski definition) is 4. The molecule has 0 aliphatic carbocycles. The van der Waals surface area contributed by atoms with Gasteiger partial charge in [0.1, 0.15) is 0 Å². The van der Waals surface area contributed by atoms with Crippen molar-refractivity contribution in [3.8, 4) is 5.75 Å². The van der Waals surface area contributed by atoms with Crippen molar-refractivity contribution in [1.29, 1.82) is 0 Å². The van der Waals surface area contributed by atoms with Crippen LogP contribution in [0.2, 0.25) is 0 Å². The van der Waals surface area contributed by atoms with Gasteiger partial charge in [-0.15, -0.1) is 0 Å². The van der Waals surface area contributed by atoms with E-state index in [1.807, 2.05) is 18.2 Å². The van der Waals surface area contributed by atoms with Crippen molar-refractivity contribution < 1.29 is 9.66 Å². The minimum Gasteiger partial charge on any atom is -0.490 e. The molecule has 0 amide bonds. The predicted octanol–water partition coefficient (Wildman–Crippen LogP) is 3.83. The lowest BCUT2D eigenvalue weighted by Gasteiger charge is -2.09. The van der Waals surface area contributed by atoms with Crippen molar-refractivity contribution in [2.75, 3.05) is 12.4 Å². The normalized spacial score (nSPS) is 10.2. The van der Waals surface area contributed by atoms with E-state index in [9.17, 15) is 10.1 Å². The summed E-state index contributed by atoms with van der Waals surface area (Å²) in [5.74, 6) is 0.273. The van der Waals surface area contributed by atoms with Crippen LogP contribution >= 0.6 is 0 Å². The number of rotatable bonds is 5. The van der Waals surface area contributed by atoms with Gasteiger partial charge >= 0.3 is 5.69 Å². The molecule has 0 bridgehead atoms. The van der Waals surface area contributed by atoms with E-state index in [0.717, 1.165) is 11.3 Å². The molecule has 0 aromatic heterocycles. The van der Waals surface area contributed by atoms with Crippen molar-refractivity contribution in [3.05, 3.63) is 63.2 Å². The molecule has 0 aliphatic rings. The third-order valence-electron chi connectivity index (χ3n) is 3.44. The van der Waals surface area contributed by atoms with Crippen LogP contribution < -0.4 is 10.1 Å². The molecule has 0 heterocycles. The summed E-state index contributed by atoms with van der Waals surface area (Å²) in [7, 11) is 1.43. The average Bonchev–Trinajstić information content (AvgIpc) is 2.48. The molecule has 0 aliphatic heterocycles. The number of benzene rings is 2. The lowest BCUT2D eigenvalue weighted by atomic mass is 10.1. The number of nitrogens with one attached hydrogen (secondary N) is 1. The highest BCUT2D eigenvalue weighted by molar-refractivity contribution is 5.51. The molecular formula is C16H18N2O3. The first-order valence-corrected chi connectivity index (χ1v) is 6.63. The van der Waals surface area contributed by atoms with Crippen LogP contribution in [0, 0.1) is 24.0 Å². The fraction of sp³-hybridized carbons (Fsp3) is 0.250. The highest BCUT2D eigenvalue weighted by Gasteiger charge is 2.14. The average molecular weight is 286 g/mol. The van der Waals surface area contributed by atoms with Gasteiger partial charge in [0, 0.05) is 18.3 Å². The van der Waals surface area contributed by atoms with Crippen molar-refractivity contribution in [2.45, 2.75) is 20.4 Å². The molecule has 0 spiro atoms. The van der Waals surface area contributed by atoms with Crippen LogP contribution in [-0.2, 0) is 6.54 Å². The van der Waals surface area contributed by atoms with Crippen LogP contribution in [0.25, 0.3) is 0 Å². The van der Waals surface area contributed by atoms with Gasteiger partial charge < -0.3 is 10.1 Å². The standard InChI is InChI=1S/C16H18N2O3/c1-11-4-6-14(8-12(11)2)17-10-13-5-7-16(21-3)15(9-13)18(19)20/h4-9,17H,10H2,1-3H3. The Morgan fingerprint density at radius 2 is 1.90 bits per heavy atom. The number of ether oxygens (including phenoxy) is 1. The molecular weight excluding hydrogens is 268 g/mol. The van der Waals surface area contributed by atoms with Crippen molar-refractivity contribution in [2.24, 2.45) is 0 Å². The van der Waals surface area contributed by atoms with Crippen molar-refractivity contribution in [1.82, 2.24) is 0 Å². The fourth-order valence-electron chi connectivity index (χ4n) is 2.04. The summed E-state index contributed by atoms with van der Waals surface area (Å²) in [5.41, 5.74) is 4.26. The first-order valence-electron chi connectivity index (χ1n) is 6.63. The molecule has 5 nitrogen and oxygen atoms in total. The summed E-state index contributed by atoms with van der Waals surface area (Å²) in [5, 5.41) is 14.3. The maximum atomic E-state index is 11.0. The zero-order valence-corrected chi connectivity index (χ0v) is 12.3. The molecule has 2 aromatic carbocycles. The minimum atomic E-state index is -0.432. The lowest BCUT2D eigenvalue weighted by Crippen LogP contribution is -2.01. The third kappa shape index (κ3) is 3.51. The zero-order chi connectivity index (χ0) is 15.4. The van der Waals surface area contributed by atoms with Gasteiger partial charge in [-0.2, -0.15) is 0 Å². The number of methoxy groups -OCH3 is 1. The Morgan fingerprint density at radius 3 is 2.52 bits per heavy atom. The number of hydrogen-bond donors (Lipinski definition) is 1. The van der Waals surface area contributed by atoms with E-state index < -0.39 is 4.92 Å². The lowest BCUT2D eigenvalue weighted by molar-refractivity contribution is -0.385. The Labute approximate surface area is 123 Å². The molecule has 2 rings (SSSR count). The summed E-state index contributed by atoms with van der Waals surface area (Å²) in [6, 6.07) is 11.1. The Bertz CT molecular complexity index is 669. The van der Waals surface area contributed by atoms with Gasteiger partial charge in [0.15, 0.2) is 5.75 Å². The smallest absolute Gasteiger partial charge is 0.311 e. The van der Waals surface area contributed by atoms with Crippen LogP contribution in [0.4, 0.5) is 11.4 Å². The Morgan fingerprint density at radius 1 is 1.14 bits per heavy atom. The van der Waals surface area contributed by atoms with Crippen molar-refractivity contribution in [3.63, 3.8) is 0 Å². The SMILES string of the molecule is COc1ccc(CNc2ccc(C)c(C)c2)cc1[N+](=O)[O-]. The van der Waals surface area contributed by atoms with Crippen molar-refractivity contribution >= 4 is 11.4 Å². The maximum Gasteiger partial charge on any atom is 0.311 e. The van der Waals surface area contributed by atoms with E-state index >= 15 is 0 Å². The van der Waals surface area contributed by atoms with E-state index in [1.54, 1.807) is 6.07 Å². The quantitative estimate of drug-likeness (QED) is 0.670. The van der Waals surface area contributed by atoms with Gasteiger partial charge in [0.25, 0.3) is 0 Å². The molecule has 0 fully saturated rings. The van der Waals surface area contributed by atoms with Crippen LogP contribution in [0.3, 0.4) is 0 Å². The summed E-state index contributed by atoms with van der Waals surface area (Å²) in [6.07, 6.45) is 0. The summed E-state index contributed by atoms with van der Waals surface area (Å²) >= 11 is 0. The molecule has 0 atom stereocenters. The molecule has 0 saturated carbocycles. The molecule has 0 radical (unpaired) electrons. The number of aryl methyl sites for hydroxylation is 2. The topological polar surface area (TPSA) is 64.4 Å². The van der Waals surface area contributed by atoms with Gasteiger partial charge in [-0.05, 0) is 48.7 Å². The Balaban J connectivity index is 2.14. The van der Waals surface area contributed by atoms with Gasteiger partial charge in [0.2, 0.25) is 0 Å². The zero-order valence-electron chi connectivity index (χ0n) is 12.3. The van der Waals surface area contributed by atoms with E-state index in [1.165, 1.54) is 24.3 Å². The number of nitrogens with zero attached hydrogens (tertiary/aromatic N) is 1. The highest BCUT2D eigenvalue weighted by Crippen LogP contribution is 2.27. The first kappa shape index (κ1) is 14.8.